The first kappa shape index (κ1) is 12.2. The molecular formula is C17H25N. The van der Waals surface area contributed by atoms with E-state index in [9.17, 15) is 0 Å². The van der Waals surface area contributed by atoms with Crippen molar-refractivity contribution in [1.29, 1.82) is 0 Å². The Bertz CT molecular complexity index is 437. The Morgan fingerprint density at radius 3 is 2.61 bits per heavy atom. The molecule has 0 bridgehead atoms. The lowest BCUT2D eigenvalue weighted by atomic mass is 9.84. The van der Waals surface area contributed by atoms with Crippen molar-refractivity contribution in [3.8, 4) is 0 Å². The number of benzene rings is 1. The Hall–Kier alpha value is -0.820. The van der Waals surface area contributed by atoms with Gasteiger partial charge in [-0.25, -0.2) is 0 Å². The molecule has 98 valence electrons. The van der Waals surface area contributed by atoms with Crippen LogP contribution in [0.25, 0.3) is 0 Å². The van der Waals surface area contributed by atoms with Crippen molar-refractivity contribution in [2.75, 3.05) is 13.1 Å². The van der Waals surface area contributed by atoms with Gasteiger partial charge >= 0.3 is 0 Å². The van der Waals surface area contributed by atoms with E-state index < -0.39 is 0 Å². The van der Waals surface area contributed by atoms with Crippen LogP contribution in [0, 0.1) is 5.92 Å². The summed E-state index contributed by atoms with van der Waals surface area (Å²) in [4.78, 5) is 2.66. The SMILES string of the molecule is CC(C)(C)c1ccc2c(c1)CN(CC1CC1)CC2. The molecule has 1 aromatic carbocycles. The zero-order chi connectivity index (χ0) is 12.8. The van der Waals surface area contributed by atoms with Crippen LogP contribution in [-0.4, -0.2) is 18.0 Å². The van der Waals surface area contributed by atoms with E-state index in [2.05, 4.69) is 43.9 Å². The van der Waals surface area contributed by atoms with Gasteiger partial charge in [-0.2, -0.15) is 0 Å². The Morgan fingerprint density at radius 1 is 1.17 bits per heavy atom. The Kier molecular flexibility index (Phi) is 2.97. The topological polar surface area (TPSA) is 3.24 Å². The molecule has 1 heteroatoms. The quantitative estimate of drug-likeness (QED) is 0.764. The summed E-state index contributed by atoms with van der Waals surface area (Å²) in [5, 5.41) is 0. The number of nitrogens with zero attached hydrogens (tertiary/aromatic N) is 1. The van der Waals surface area contributed by atoms with E-state index >= 15 is 0 Å². The highest BCUT2D eigenvalue weighted by Crippen LogP contribution is 2.32. The third-order valence-corrected chi connectivity index (χ3v) is 4.38. The standard InChI is InChI=1S/C17H25N/c1-17(2,3)16-7-6-14-8-9-18(11-13-4-5-13)12-15(14)10-16/h6-7,10,13H,4-5,8-9,11-12H2,1-3H3. The second-order valence-electron chi connectivity index (χ2n) is 7.16. The molecule has 1 aliphatic heterocycles. The van der Waals surface area contributed by atoms with Crippen molar-refractivity contribution < 1.29 is 0 Å². The van der Waals surface area contributed by atoms with E-state index in [0.29, 0.717) is 0 Å². The largest absolute Gasteiger partial charge is 0.298 e. The van der Waals surface area contributed by atoms with Crippen molar-refractivity contribution in [3.05, 3.63) is 34.9 Å². The molecule has 0 aromatic heterocycles. The molecule has 2 aliphatic rings. The first-order chi connectivity index (χ1) is 8.52. The van der Waals surface area contributed by atoms with Gasteiger partial charge in [0, 0.05) is 19.6 Å². The molecule has 1 heterocycles. The van der Waals surface area contributed by atoms with Gasteiger partial charge in [0.2, 0.25) is 0 Å². The van der Waals surface area contributed by atoms with Gasteiger partial charge in [0.15, 0.2) is 0 Å². The van der Waals surface area contributed by atoms with Crippen molar-refractivity contribution in [1.82, 2.24) is 4.90 Å². The van der Waals surface area contributed by atoms with Crippen LogP contribution in [0.15, 0.2) is 18.2 Å². The maximum atomic E-state index is 2.66. The van der Waals surface area contributed by atoms with Crippen LogP contribution in [-0.2, 0) is 18.4 Å². The van der Waals surface area contributed by atoms with E-state index in [4.69, 9.17) is 0 Å². The highest BCUT2D eigenvalue weighted by Gasteiger charge is 2.26. The molecule has 0 spiro atoms. The molecule has 3 rings (SSSR count). The van der Waals surface area contributed by atoms with Crippen LogP contribution >= 0.6 is 0 Å². The van der Waals surface area contributed by atoms with Gasteiger partial charge in [0.05, 0.1) is 0 Å². The summed E-state index contributed by atoms with van der Waals surface area (Å²) in [7, 11) is 0. The van der Waals surface area contributed by atoms with Crippen LogP contribution in [0.4, 0.5) is 0 Å². The molecule has 1 saturated carbocycles. The van der Waals surface area contributed by atoms with Crippen LogP contribution in [0.3, 0.4) is 0 Å². The molecule has 0 radical (unpaired) electrons. The molecule has 1 aromatic rings. The fraction of sp³-hybridized carbons (Fsp3) is 0.647. The molecular weight excluding hydrogens is 218 g/mol. The lowest BCUT2D eigenvalue weighted by molar-refractivity contribution is 0.243. The van der Waals surface area contributed by atoms with Gasteiger partial charge in [0.25, 0.3) is 0 Å². The molecule has 0 unspecified atom stereocenters. The van der Waals surface area contributed by atoms with Gasteiger partial charge in [-0.15, -0.1) is 0 Å². The molecule has 18 heavy (non-hydrogen) atoms. The smallest absolute Gasteiger partial charge is 0.0236 e. The van der Waals surface area contributed by atoms with Crippen molar-refractivity contribution in [2.45, 2.75) is 52.0 Å². The van der Waals surface area contributed by atoms with Gasteiger partial charge < -0.3 is 0 Å². The zero-order valence-electron chi connectivity index (χ0n) is 12.0. The Balaban J connectivity index is 1.79. The molecule has 1 aliphatic carbocycles. The van der Waals surface area contributed by atoms with Crippen LogP contribution in [0.2, 0.25) is 0 Å². The molecule has 0 N–H and O–H groups in total. The van der Waals surface area contributed by atoms with E-state index in [0.717, 1.165) is 5.92 Å². The van der Waals surface area contributed by atoms with Crippen molar-refractivity contribution >= 4 is 0 Å². The minimum Gasteiger partial charge on any atom is -0.298 e. The monoisotopic (exact) mass is 243 g/mol. The van der Waals surface area contributed by atoms with Crippen molar-refractivity contribution in [3.63, 3.8) is 0 Å². The van der Waals surface area contributed by atoms with Crippen LogP contribution in [0.5, 0.6) is 0 Å². The number of fused-ring (bicyclic) bond motifs is 1. The molecule has 1 nitrogen and oxygen atoms in total. The summed E-state index contributed by atoms with van der Waals surface area (Å²) in [5.74, 6) is 1.01. The van der Waals surface area contributed by atoms with Gasteiger partial charge in [-0.1, -0.05) is 39.0 Å². The Labute approximate surface area is 111 Å². The van der Waals surface area contributed by atoms with Crippen LogP contribution < -0.4 is 0 Å². The average Bonchev–Trinajstić information content (AvgIpc) is 3.11. The molecule has 1 fully saturated rings. The fourth-order valence-corrected chi connectivity index (χ4v) is 2.90. The number of hydrogen-bond acceptors (Lipinski definition) is 1. The average molecular weight is 243 g/mol. The minimum absolute atomic E-state index is 0.272. The van der Waals surface area contributed by atoms with E-state index in [1.807, 2.05) is 0 Å². The lowest BCUT2D eigenvalue weighted by Crippen LogP contribution is -2.32. The summed E-state index contributed by atoms with van der Waals surface area (Å²) in [6, 6.07) is 7.15. The summed E-state index contributed by atoms with van der Waals surface area (Å²) >= 11 is 0. The molecule has 0 amide bonds. The van der Waals surface area contributed by atoms with Gasteiger partial charge in [-0.05, 0) is 47.3 Å². The summed E-state index contributed by atoms with van der Waals surface area (Å²) < 4.78 is 0. The third-order valence-electron chi connectivity index (χ3n) is 4.38. The minimum atomic E-state index is 0.272. The number of hydrogen-bond donors (Lipinski definition) is 0. The summed E-state index contributed by atoms with van der Waals surface area (Å²) in [6.45, 7) is 10.7. The van der Waals surface area contributed by atoms with Gasteiger partial charge in [-0.3, -0.25) is 4.90 Å². The number of rotatable bonds is 2. The van der Waals surface area contributed by atoms with E-state index in [-0.39, 0.29) is 5.41 Å². The van der Waals surface area contributed by atoms with Gasteiger partial charge in [0.1, 0.15) is 0 Å². The third kappa shape index (κ3) is 2.61. The first-order valence-corrected chi connectivity index (χ1v) is 7.37. The van der Waals surface area contributed by atoms with Crippen molar-refractivity contribution in [2.24, 2.45) is 5.92 Å². The maximum Gasteiger partial charge on any atom is 0.0236 e. The summed E-state index contributed by atoms with van der Waals surface area (Å²) in [5.41, 5.74) is 4.91. The highest BCUT2D eigenvalue weighted by molar-refractivity contribution is 5.36. The second-order valence-corrected chi connectivity index (χ2v) is 7.16. The summed E-state index contributed by atoms with van der Waals surface area (Å²) in [6.07, 6.45) is 4.17. The zero-order valence-corrected chi connectivity index (χ0v) is 12.0. The van der Waals surface area contributed by atoms with E-state index in [1.54, 1.807) is 11.1 Å². The second kappa shape index (κ2) is 4.38. The van der Waals surface area contributed by atoms with E-state index in [1.165, 1.54) is 44.5 Å². The Morgan fingerprint density at radius 2 is 1.94 bits per heavy atom. The van der Waals surface area contributed by atoms with Crippen LogP contribution in [0.1, 0.15) is 50.3 Å². The lowest BCUT2D eigenvalue weighted by Gasteiger charge is -2.30. The fourth-order valence-electron chi connectivity index (χ4n) is 2.90. The maximum absolute atomic E-state index is 2.66. The predicted octanol–water partition coefficient (Wildman–Crippen LogP) is 3.75. The predicted molar refractivity (Wildman–Crippen MR) is 76.8 cm³/mol. The highest BCUT2D eigenvalue weighted by atomic mass is 15.1. The first-order valence-electron chi connectivity index (χ1n) is 7.37. The normalized spacial score (nSPS) is 20.8. The molecule has 0 atom stereocenters. The molecule has 0 saturated heterocycles.